The first kappa shape index (κ1) is 49.5. The summed E-state index contributed by atoms with van der Waals surface area (Å²) in [6.07, 6.45) is 50.7. The van der Waals surface area contributed by atoms with Gasteiger partial charge in [0.1, 0.15) is 0 Å². The van der Waals surface area contributed by atoms with Crippen molar-refractivity contribution in [3.05, 3.63) is 0 Å². The van der Waals surface area contributed by atoms with E-state index in [0.717, 1.165) is 13.1 Å². The molecule has 0 aromatic rings. The first-order chi connectivity index (χ1) is 22.7. The molecule has 3 nitrogen and oxygen atoms in total. The van der Waals surface area contributed by atoms with Crippen LogP contribution in [0.4, 0.5) is 0 Å². The summed E-state index contributed by atoms with van der Waals surface area (Å²) in [5, 5.41) is 11.0. The van der Waals surface area contributed by atoms with Crippen LogP contribution in [-0.4, -0.2) is 30.5 Å². The van der Waals surface area contributed by atoms with E-state index in [1.54, 1.807) is 0 Å². The van der Waals surface area contributed by atoms with Crippen molar-refractivity contribution < 1.29 is 39.5 Å². The van der Waals surface area contributed by atoms with Gasteiger partial charge in [-0.25, -0.2) is 0 Å². The van der Waals surface area contributed by atoms with Gasteiger partial charge in [-0.15, -0.1) is 0 Å². The maximum absolute atomic E-state index is 11.0. The summed E-state index contributed by atoms with van der Waals surface area (Å²) in [5.74, 6) is -0.902. The van der Waals surface area contributed by atoms with Gasteiger partial charge in [-0.2, -0.15) is 0 Å². The first-order valence-electron chi connectivity index (χ1n) is 21.6. The summed E-state index contributed by atoms with van der Waals surface area (Å²) in [5.41, 5.74) is 0. The quantitative estimate of drug-likeness (QED) is 0.0480. The van der Waals surface area contributed by atoms with Crippen LogP contribution >= 0.6 is 0 Å². The molecule has 0 aliphatic rings. The molecule has 0 unspecified atom stereocenters. The predicted molar refractivity (Wildman–Crippen MR) is 204 cm³/mol. The molecule has 0 spiro atoms. The molecule has 0 atom stereocenters. The topological polar surface area (TPSA) is 43.4 Å². The number of carbonyl (C=O) groups is 1. The maximum atomic E-state index is 11.0. The molecule has 276 valence electrons. The fourth-order valence-electron chi connectivity index (χ4n) is 7.06. The molecule has 0 aromatic carbocycles. The summed E-state index contributed by atoms with van der Waals surface area (Å²) in [7, 11) is 0. The van der Waals surface area contributed by atoms with Crippen LogP contribution in [0.3, 0.4) is 0 Å². The number of carboxylic acid groups (broad SMARTS) is 1. The van der Waals surface area contributed by atoms with E-state index in [1.165, 1.54) is 231 Å². The Labute approximate surface area is 319 Å². The van der Waals surface area contributed by atoms with E-state index in [0.29, 0.717) is 6.54 Å². The monoisotopic (exact) mass is 672 g/mol. The Morgan fingerprint density at radius 2 is 0.532 bits per heavy atom. The van der Waals surface area contributed by atoms with Gasteiger partial charge < -0.3 is 14.8 Å². The van der Waals surface area contributed by atoms with E-state index in [2.05, 4.69) is 18.7 Å². The van der Waals surface area contributed by atoms with Gasteiger partial charge >= 0.3 is 29.6 Å². The van der Waals surface area contributed by atoms with Crippen LogP contribution in [0.5, 0.6) is 0 Å². The van der Waals surface area contributed by atoms with Crippen molar-refractivity contribution in [1.82, 2.24) is 4.90 Å². The summed E-state index contributed by atoms with van der Waals surface area (Å²) < 4.78 is 0. The molecule has 0 N–H and O–H groups in total. The van der Waals surface area contributed by atoms with E-state index in [4.69, 9.17) is 0 Å². The molecule has 0 heterocycles. The fourth-order valence-corrected chi connectivity index (χ4v) is 7.06. The molecule has 0 radical (unpaired) electrons. The van der Waals surface area contributed by atoms with Crippen LogP contribution < -0.4 is 34.7 Å². The molecule has 0 aliphatic carbocycles. The molecule has 4 heteroatoms. The molecule has 0 saturated carbocycles. The third-order valence-corrected chi connectivity index (χ3v) is 10.3. The molecule has 0 fully saturated rings. The van der Waals surface area contributed by atoms with Crippen LogP contribution in [0.2, 0.25) is 0 Å². The number of carboxylic acids is 1. The summed E-state index contributed by atoms with van der Waals surface area (Å²) in [6, 6.07) is 0. The summed E-state index contributed by atoms with van der Waals surface area (Å²) in [6.45, 7) is 7.38. The fraction of sp³-hybridized carbons (Fsp3) is 0.977. The molecular weight excluding hydrogens is 585 g/mol. The average Bonchev–Trinajstić information content (AvgIpc) is 3.05. The van der Waals surface area contributed by atoms with Crippen molar-refractivity contribution in [1.29, 1.82) is 0 Å². The van der Waals surface area contributed by atoms with E-state index < -0.39 is 5.97 Å². The van der Waals surface area contributed by atoms with Gasteiger partial charge in [-0.3, -0.25) is 0 Å². The SMILES string of the molecule is CCCCCCCCCCCCCCCCCCCCN(CCCCCCCCCCCCCCCCCCCC)CCC(=O)[O-].[Na+]. The van der Waals surface area contributed by atoms with E-state index in [1.807, 2.05) is 0 Å². The Bertz CT molecular complexity index is 532. The smallest absolute Gasteiger partial charge is 0.550 e. The molecule has 47 heavy (non-hydrogen) atoms. The van der Waals surface area contributed by atoms with Gasteiger partial charge in [0, 0.05) is 12.5 Å². The van der Waals surface area contributed by atoms with Crippen molar-refractivity contribution in [2.75, 3.05) is 19.6 Å². The molecule has 0 saturated heterocycles. The van der Waals surface area contributed by atoms with Gasteiger partial charge in [0.2, 0.25) is 0 Å². The van der Waals surface area contributed by atoms with Crippen molar-refractivity contribution in [3.63, 3.8) is 0 Å². The van der Waals surface area contributed by atoms with Gasteiger partial charge in [0.05, 0.1) is 0 Å². The Morgan fingerprint density at radius 1 is 0.340 bits per heavy atom. The van der Waals surface area contributed by atoms with Crippen molar-refractivity contribution in [3.8, 4) is 0 Å². The minimum Gasteiger partial charge on any atom is -0.550 e. The second-order valence-corrected chi connectivity index (χ2v) is 15.0. The van der Waals surface area contributed by atoms with Crippen LogP contribution in [-0.2, 0) is 4.79 Å². The summed E-state index contributed by atoms with van der Waals surface area (Å²) in [4.78, 5) is 13.4. The van der Waals surface area contributed by atoms with Gasteiger partial charge in [-0.05, 0) is 32.4 Å². The number of unbranched alkanes of at least 4 members (excludes halogenated alkanes) is 34. The van der Waals surface area contributed by atoms with E-state index >= 15 is 0 Å². The van der Waals surface area contributed by atoms with Crippen LogP contribution in [0.25, 0.3) is 0 Å². The molecule has 0 bridgehead atoms. The second-order valence-electron chi connectivity index (χ2n) is 15.0. The summed E-state index contributed by atoms with van der Waals surface area (Å²) >= 11 is 0. The van der Waals surface area contributed by atoms with Crippen molar-refractivity contribution >= 4 is 5.97 Å². The zero-order chi connectivity index (χ0) is 33.4. The average molecular weight is 672 g/mol. The zero-order valence-electron chi connectivity index (χ0n) is 33.0. The zero-order valence-corrected chi connectivity index (χ0v) is 35.0. The van der Waals surface area contributed by atoms with Crippen LogP contribution in [0.15, 0.2) is 0 Å². The molecule has 0 rings (SSSR count). The minimum atomic E-state index is -0.902. The van der Waals surface area contributed by atoms with Gasteiger partial charge in [0.15, 0.2) is 0 Å². The minimum absolute atomic E-state index is 0. The largest absolute Gasteiger partial charge is 1.00 e. The molecule has 0 aliphatic heterocycles. The number of hydrogen-bond acceptors (Lipinski definition) is 3. The molecule has 0 amide bonds. The van der Waals surface area contributed by atoms with Crippen LogP contribution in [0.1, 0.15) is 251 Å². The number of carbonyl (C=O) groups excluding carboxylic acids is 1. The van der Waals surface area contributed by atoms with Gasteiger partial charge in [-0.1, -0.05) is 232 Å². The van der Waals surface area contributed by atoms with E-state index in [9.17, 15) is 9.90 Å². The Balaban J connectivity index is 0. The molecular formula is C43H86NNaO2. The maximum Gasteiger partial charge on any atom is 1.00 e. The van der Waals surface area contributed by atoms with Crippen molar-refractivity contribution in [2.45, 2.75) is 251 Å². The second kappa shape index (κ2) is 44.5. The Kier molecular flexibility index (Phi) is 46.9. The number of hydrogen-bond donors (Lipinski definition) is 0. The standard InChI is InChI=1S/C43H87NO2.Na/c1-3-5-7-9-11-13-15-17-19-21-23-25-27-29-31-33-35-37-40-44(42-39-43(45)46)41-38-36-34-32-30-28-26-24-22-20-18-16-14-12-10-8-6-4-2;/h3-42H2,1-2H3,(H,45,46);/q;+1/p-1. The Morgan fingerprint density at radius 3 is 0.723 bits per heavy atom. The van der Waals surface area contributed by atoms with Crippen LogP contribution in [0, 0.1) is 0 Å². The number of rotatable bonds is 41. The third kappa shape index (κ3) is 44.4. The van der Waals surface area contributed by atoms with E-state index in [-0.39, 0.29) is 36.0 Å². The first-order valence-corrected chi connectivity index (χ1v) is 21.6. The predicted octanol–water partition coefficient (Wildman–Crippen LogP) is 10.5. The molecule has 0 aromatic heterocycles. The normalized spacial score (nSPS) is 11.4. The number of aliphatic carboxylic acids is 1. The third-order valence-electron chi connectivity index (χ3n) is 10.3. The van der Waals surface area contributed by atoms with Crippen molar-refractivity contribution in [2.24, 2.45) is 0 Å². The van der Waals surface area contributed by atoms with Gasteiger partial charge in [0.25, 0.3) is 0 Å². The Hall–Kier alpha value is 0.430. The number of nitrogens with zero attached hydrogens (tertiary/aromatic N) is 1.